The summed E-state index contributed by atoms with van der Waals surface area (Å²) >= 11 is 0. The number of hydrogen-bond acceptors (Lipinski definition) is 8. The fourth-order valence-corrected chi connectivity index (χ4v) is 6.47. The third-order valence-electron chi connectivity index (χ3n) is 8.15. The molecule has 3 amide bonds. The van der Waals surface area contributed by atoms with E-state index < -0.39 is 29.8 Å². The van der Waals surface area contributed by atoms with Crippen molar-refractivity contribution in [2.75, 3.05) is 30.2 Å². The van der Waals surface area contributed by atoms with Gasteiger partial charge in [-0.15, -0.1) is 0 Å². The lowest BCUT2D eigenvalue weighted by Crippen LogP contribution is -2.46. The van der Waals surface area contributed by atoms with Crippen LogP contribution in [0.3, 0.4) is 0 Å². The van der Waals surface area contributed by atoms with Gasteiger partial charge in [0.2, 0.25) is 24.5 Å². The number of fused-ring (bicyclic) bond motifs is 7. The molecule has 40 heavy (non-hydrogen) atoms. The molecule has 10 heteroatoms. The summed E-state index contributed by atoms with van der Waals surface area (Å²) in [6.07, 6.45) is 3.74. The topological polar surface area (TPSA) is 107 Å². The molecule has 2 saturated heterocycles. The van der Waals surface area contributed by atoms with Gasteiger partial charge in [-0.05, 0) is 41.5 Å². The van der Waals surface area contributed by atoms with Crippen LogP contribution in [0.4, 0.5) is 11.4 Å². The molecule has 0 bridgehead atoms. The van der Waals surface area contributed by atoms with E-state index in [0.29, 0.717) is 47.6 Å². The Bertz CT molecular complexity index is 1640. The van der Waals surface area contributed by atoms with Crippen LogP contribution in [0.1, 0.15) is 17.2 Å². The molecule has 5 aliphatic heterocycles. The van der Waals surface area contributed by atoms with E-state index in [4.69, 9.17) is 18.9 Å². The fourth-order valence-electron chi connectivity index (χ4n) is 6.47. The van der Waals surface area contributed by atoms with Gasteiger partial charge in [-0.2, -0.15) is 0 Å². The van der Waals surface area contributed by atoms with Crippen LogP contribution in [-0.2, 0) is 14.4 Å². The van der Waals surface area contributed by atoms with Crippen molar-refractivity contribution in [3.8, 4) is 23.0 Å². The minimum Gasteiger partial charge on any atom is -0.486 e. The van der Waals surface area contributed by atoms with Crippen molar-refractivity contribution in [1.82, 2.24) is 4.90 Å². The molecule has 8 rings (SSSR count). The van der Waals surface area contributed by atoms with E-state index >= 15 is 0 Å². The first-order valence-corrected chi connectivity index (χ1v) is 13.1. The summed E-state index contributed by atoms with van der Waals surface area (Å²) in [5.41, 5.74) is 2.77. The second-order valence-electron chi connectivity index (χ2n) is 10.2. The Hall–Kier alpha value is -4.99. The van der Waals surface area contributed by atoms with E-state index in [9.17, 15) is 14.4 Å². The molecule has 4 atom stereocenters. The van der Waals surface area contributed by atoms with Crippen LogP contribution in [0.2, 0.25) is 0 Å². The molecule has 5 heterocycles. The highest BCUT2D eigenvalue weighted by Crippen LogP contribution is 2.53. The van der Waals surface area contributed by atoms with Gasteiger partial charge in [-0.1, -0.05) is 24.3 Å². The molecule has 10 nitrogen and oxygen atoms in total. The van der Waals surface area contributed by atoms with Gasteiger partial charge < -0.3 is 29.2 Å². The molecule has 4 unspecified atom stereocenters. The van der Waals surface area contributed by atoms with Gasteiger partial charge in [0, 0.05) is 24.0 Å². The van der Waals surface area contributed by atoms with E-state index in [0.717, 1.165) is 11.1 Å². The third kappa shape index (κ3) is 3.25. The summed E-state index contributed by atoms with van der Waals surface area (Å²) in [6, 6.07) is 16.5. The number of nitrogens with one attached hydrogen (secondary N) is 1. The SMILES string of the molecule is O=C(Nc1ccc2c(c1)OCO2)C1C2C(=O)N(c3ccc4c(c3)OCCO4)C(=O)C2C2c3ccccc3C=CN12. The second-order valence-corrected chi connectivity index (χ2v) is 10.2. The van der Waals surface area contributed by atoms with E-state index in [1.165, 1.54) is 4.90 Å². The molecule has 0 aromatic heterocycles. The number of carbonyl (C=O) groups is 3. The minimum absolute atomic E-state index is 0.116. The third-order valence-corrected chi connectivity index (χ3v) is 8.15. The monoisotopic (exact) mass is 537 g/mol. The Balaban J connectivity index is 1.19. The van der Waals surface area contributed by atoms with Gasteiger partial charge in [0.1, 0.15) is 19.3 Å². The molecule has 0 spiro atoms. The Morgan fingerprint density at radius 2 is 1.52 bits per heavy atom. The maximum Gasteiger partial charge on any atom is 0.247 e. The Morgan fingerprint density at radius 1 is 0.800 bits per heavy atom. The van der Waals surface area contributed by atoms with Gasteiger partial charge >= 0.3 is 0 Å². The molecule has 0 aliphatic carbocycles. The summed E-state index contributed by atoms with van der Waals surface area (Å²) in [5, 5.41) is 2.95. The maximum absolute atomic E-state index is 14.1. The van der Waals surface area contributed by atoms with Crippen LogP contribution in [0, 0.1) is 11.8 Å². The molecule has 5 aliphatic rings. The zero-order valence-corrected chi connectivity index (χ0v) is 21.1. The quantitative estimate of drug-likeness (QED) is 0.507. The average Bonchev–Trinajstić information content (AvgIpc) is 3.65. The molecule has 0 saturated carbocycles. The van der Waals surface area contributed by atoms with Crippen molar-refractivity contribution in [3.05, 3.63) is 78.0 Å². The van der Waals surface area contributed by atoms with Crippen LogP contribution < -0.4 is 29.2 Å². The molecule has 200 valence electrons. The number of benzene rings is 3. The molecule has 2 fully saturated rings. The summed E-state index contributed by atoms with van der Waals surface area (Å²) in [4.78, 5) is 45.2. The van der Waals surface area contributed by atoms with Crippen molar-refractivity contribution >= 4 is 35.2 Å². The first-order valence-electron chi connectivity index (χ1n) is 13.1. The molecule has 0 radical (unpaired) electrons. The standard InChI is InChI=1S/C30H23N3O7/c34-28(31-17-5-7-21-22(13-17)40-15-39-21)27-25-24(26-19-4-2-1-3-16(19)9-10-32(26)27)29(35)33(30(25)36)18-6-8-20-23(14-18)38-12-11-37-20/h1-10,13-14,24-27H,11-12,15H2,(H,31,34). The van der Waals surface area contributed by atoms with Gasteiger partial charge in [0.05, 0.1) is 23.6 Å². The van der Waals surface area contributed by atoms with E-state index in [1.54, 1.807) is 36.4 Å². The summed E-state index contributed by atoms with van der Waals surface area (Å²) in [7, 11) is 0. The van der Waals surface area contributed by atoms with Crippen LogP contribution in [0.15, 0.2) is 66.9 Å². The number of anilines is 2. The second kappa shape index (κ2) is 8.51. The average molecular weight is 538 g/mol. The first kappa shape index (κ1) is 22.9. The normalized spacial score (nSPS) is 25.0. The molecule has 3 aromatic rings. The number of rotatable bonds is 3. The zero-order chi connectivity index (χ0) is 27.0. The summed E-state index contributed by atoms with van der Waals surface area (Å²) < 4.78 is 22.1. The smallest absolute Gasteiger partial charge is 0.247 e. The van der Waals surface area contributed by atoms with Gasteiger partial charge in [-0.25, -0.2) is 4.90 Å². The predicted octanol–water partition coefficient (Wildman–Crippen LogP) is 3.34. The van der Waals surface area contributed by atoms with Crippen LogP contribution in [-0.4, -0.2) is 48.7 Å². The van der Waals surface area contributed by atoms with Gasteiger partial charge in [0.15, 0.2) is 23.0 Å². The number of carbonyl (C=O) groups excluding carboxylic acids is 3. The molecule has 1 N–H and O–H groups in total. The van der Waals surface area contributed by atoms with Crippen molar-refractivity contribution in [2.45, 2.75) is 12.1 Å². The molecular weight excluding hydrogens is 514 g/mol. The minimum atomic E-state index is -0.913. The fraction of sp³-hybridized carbons (Fsp3) is 0.233. The van der Waals surface area contributed by atoms with E-state index in [2.05, 4.69) is 5.32 Å². The highest BCUT2D eigenvalue weighted by molar-refractivity contribution is 6.24. The van der Waals surface area contributed by atoms with Crippen molar-refractivity contribution < 1.29 is 33.3 Å². The van der Waals surface area contributed by atoms with Crippen molar-refractivity contribution in [3.63, 3.8) is 0 Å². The van der Waals surface area contributed by atoms with Crippen LogP contribution >= 0.6 is 0 Å². The lowest BCUT2D eigenvalue weighted by molar-refractivity contribution is -0.128. The molecule has 3 aromatic carbocycles. The van der Waals surface area contributed by atoms with E-state index in [-0.39, 0.29) is 18.6 Å². The lowest BCUT2D eigenvalue weighted by atomic mass is 9.84. The Kier molecular flexibility index (Phi) is 4.88. The van der Waals surface area contributed by atoms with Crippen molar-refractivity contribution in [2.24, 2.45) is 11.8 Å². The summed E-state index contributed by atoms with van der Waals surface area (Å²) in [5.74, 6) is -0.618. The Morgan fingerprint density at radius 3 is 2.42 bits per heavy atom. The number of imide groups is 1. The first-order chi connectivity index (χ1) is 19.6. The Labute approximate surface area is 228 Å². The maximum atomic E-state index is 14.1. The highest BCUT2D eigenvalue weighted by Gasteiger charge is 2.64. The number of amides is 3. The van der Waals surface area contributed by atoms with E-state index in [1.807, 2.05) is 41.4 Å². The lowest BCUT2D eigenvalue weighted by Gasteiger charge is -2.35. The van der Waals surface area contributed by atoms with Crippen LogP contribution in [0.25, 0.3) is 6.08 Å². The number of nitrogens with zero attached hydrogens (tertiary/aromatic N) is 2. The van der Waals surface area contributed by atoms with Crippen LogP contribution in [0.5, 0.6) is 23.0 Å². The predicted molar refractivity (Wildman–Crippen MR) is 142 cm³/mol. The van der Waals surface area contributed by atoms with Crippen molar-refractivity contribution in [1.29, 1.82) is 0 Å². The highest BCUT2D eigenvalue weighted by atomic mass is 16.7. The largest absolute Gasteiger partial charge is 0.486 e. The number of hydrogen-bond donors (Lipinski definition) is 1. The number of ether oxygens (including phenoxy) is 4. The zero-order valence-electron chi connectivity index (χ0n) is 21.1. The van der Waals surface area contributed by atoms with Gasteiger partial charge in [-0.3, -0.25) is 14.4 Å². The summed E-state index contributed by atoms with van der Waals surface area (Å²) in [6.45, 7) is 0.930. The van der Waals surface area contributed by atoms with Gasteiger partial charge in [0.25, 0.3) is 0 Å². The molecular formula is C30H23N3O7.